The van der Waals surface area contributed by atoms with E-state index in [1.165, 1.54) is 5.56 Å². The lowest BCUT2D eigenvalue weighted by atomic mass is 10.1. The summed E-state index contributed by atoms with van der Waals surface area (Å²) < 4.78 is 5.36. The molecule has 0 saturated carbocycles. The van der Waals surface area contributed by atoms with Gasteiger partial charge in [-0.25, -0.2) is 9.97 Å². The van der Waals surface area contributed by atoms with Gasteiger partial charge in [-0.2, -0.15) is 0 Å². The molecule has 1 saturated heterocycles. The van der Waals surface area contributed by atoms with E-state index in [9.17, 15) is 0 Å². The van der Waals surface area contributed by atoms with E-state index in [0.717, 1.165) is 50.9 Å². The molecule has 5 heteroatoms. The van der Waals surface area contributed by atoms with Gasteiger partial charge in [0, 0.05) is 25.7 Å². The summed E-state index contributed by atoms with van der Waals surface area (Å²) in [5.41, 5.74) is 1.33. The van der Waals surface area contributed by atoms with E-state index >= 15 is 0 Å². The number of hydrogen-bond acceptors (Lipinski definition) is 5. The summed E-state index contributed by atoms with van der Waals surface area (Å²) >= 11 is 0. The van der Waals surface area contributed by atoms with Gasteiger partial charge in [-0.15, -0.1) is 0 Å². The molecule has 110 valence electrons. The molecule has 0 aliphatic carbocycles. The topological polar surface area (TPSA) is 50.3 Å². The first-order chi connectivity index (χ1) is 10.4. The highest BCUT2D eigenvalue weighted by molar-refractivity contribution is 5.48. The Labute approximate surface area is 125 Å². The third-order valence-electron chi connectivity index (χ3n) is 3.55. The highest BCUT2D eigenvalue weighted by atomic mass is 16.5. The van der Waals surface area contributed by atoms with Crippen LogP contribution in [-0.4, -0.2) is 42.8 Å². The van der Waals surface area contributed by atoms with Gasteiger partial charge in [0.15, 0.2) is 0 Å². The zero-order chi connectivity index (χ0) is 14.3. The van der Waals surface area contributed by atoms with Crippen molar-refractivity contribution in [1.29, 1.82) is 0 Å². The molecule has 0 atom stereocenters. The first-order valence-electron chi connectivity index (χ1n) is 7.34. The molecule has 0 radical (unpaired) electrons. The zero-order valence-corrected chi connectivity index (χ0v) is 12.0. The fourth-order valence-electron chi connectivity index (χ4n) is 2.39. The quantitative estimate of drug-likeness (QED) is 0.909. The molecule has 5 nitrogen and oxygen atoms in total. The minimum Gasteiger partial charge on any atom is -0.378 e. The Hall–Kier alpha value is -2.14. The Morgan fingerprint density at radius 2 is 1.90 bits per heavy atom. The molecule has 0 spiro atoms. The maximum absolute atomic E-state index is 5.36. The van der Waals surface area contributed by atoms with E-state index in [1.807, 2.05) is 12.1 Å². The monoisotopic (exact) mass is 284 g/mol. The lowest BCUT2D eigenvalue weighted by Crippen LogP contribution is -2.36. The smallest absolute Gasteiger partial charge is 0.134 e. The van der Waals surface area contributed by atoms with Crippen LogP contribution in [0.15, 0.2) is 42.7 Å². The molecule has 2 aromatic rings. The van der Waals surface area contributed by atoms with Crippen LogP contribution >= 0.6 is 0 Å². The molecule has 1 aliphatic rings. The molecular formula is C16H20N4O. The van der Waals surface area contributed by atoms with Gasteiger partial charge in [0.05, 0.1) is 13.2 Å². The van der Waals surface area contributed by atoms with E-state index in [-0.39, 0.29) is 0 Å². The maximum atomic E-state index is 5.36. The van der Waals surface area contributed by atoms with Crippen molar-refractivity contribution in [3.8, 4) is 0 Å². The van der Waals surface area contributed by atoms with Crippen LogP contribution in [0.4, 0.5) is 11.6 Å². The second kappa shape index (κ2) is 7.04. The van der Waals surface area contributed by atoms with E-state index < -0.39 is 0 Å². The Kier molecular flexibility index (Phi) is 4.63. The molecule has 1 aliphatic heterocycles. The summed E-state index contributed by atoms with van der Waals surface area (Å²) in [5, 5.41) is 3.36. The molecule has 0 bridgehead atoms. The number of rotatable bonds is 5. The fraction of sp³-hybridized carbons (Fsp3) is 0.375. The van der Waals surface area contributed by atoms with Gasteiger partial charge in [0.2, 0.25) is 0 Å². The van der Waals surface area contributed by atoms with Crippen LogP contribution in [0.3, 0.4) is 0 Å². The standard InChI is InChI=1S/C16H20N4O/c1-2-4-14(5-3-1)6-7-17-15-12-16(19-13-18-15)20-8-10-21-11-9-20/h1-5,12-13H,6-11H2,(H,17,18,19). The average Bonchev–Trinajstić information content (AvgIpc) is 2.57. The van der Waals surface area contributed by atoms with E-state index in [2.05, 4.69) is 44.5 Å². The van der Waals surface area contributed by atoms with Gasteiger partial charge in [0.1, 0.15) is 18.0 Å². The van der Waals surface area contributed by atoms with Crippen molar-refractivity contribution in [2.45, 2.75) is 6.42 Å². The summed E-state index contributed by atoms with van der Waals surface area (Å²) in [4.78, 5) is 10.9. The Bertz CT molecular complexity index is 555. The Morgan fingerprint density at radius 3 is 2.71 bits per heavy atom. The van der Waals surface area contributed by atoms with E-state index in [1.54, 1.807) is 6.33 Å². The molecule has 1 aromatic heterocycles. The zero-order valence-electron chi connectivity index (χ0n) is 12.0. The molecule has 2 heterocycles. The average molecular weight is 284 g/mol. The highest BCUT2D eigenvalue weighted by Gasteiger charge is 2.12. The van der Waals surface area contributed by atoms with Crippen LogP contribution < -0.4 is 10.2 Å². The van der Waals surface area contributed by atoms with Crippen LogP contribution in [0.5, 0.6) is 0 Å². The molecule has 1 aromatic carbocycles. The number of nitrogens with zero attached hydrogens (tertiary/aromatic N) is 3. The summed E-state index contributed by atoms with van der Waals surface area (Å²) in [5.74, 6) is 1.85. The van der Waals surface area contributed by atoms with Crippen molar-refractivity contribution in [1.82, 2.24) is 9.97 Å². The van der Waals surface area contributed by atoms with Crippen molar-refractivity contribution in [3.63, 3.8) is 0 Å². The lowest BCUT2D eigenvalue weighted by molar-refractivity contribution is 0.122. The van der Waals surface area contributed by atoms with Gasteiger partial charge >= 0.3 is 0 Å². The molecule has 1 N–H and O–H groups in total. The van der Waals surface area contributed by atoms with Crippen LogP contribution in [0.25, 0.3) is 0 Å². The lowest BCUT2D eigenvalue weighted by Gasteiger charge is -2.27. The summed E-state index contributed by atoms with van der Waals surface area (Å²) in [6, 6.07) is 12.5. The highest BCUT2D eigenvalue weighted by Crippen LogP contribution is 2.15. The number of morpholine rings is 1. The number of nitrogens with one attached hydrogen (secondary N) is 1. The van der Waals surface area contributed by atoms with Crippen LogP contribution in [0, 0.1) is 0 Å². The summed E-state index contributed by atoms with van der Waals surface area (Å²) in [6.07, 6.45) is 2.60. The SMILES string of the molecule is c1ccc(CCNc2cc(N3CCOCC3)ncn2)cc1. The van der Waals surface area contributed by atoms with Gasteiger partial charge in [0.25, 0.3) is 0 Å². The van der Waals surface area contributed by atoms with E-state index in [4.69, 9.17) is 4.74 Å². The number of anilines is 2. The van der Waals surface area contributed by atoms with Crippen molar-refractivity contribution in [2.75, 3.05) is 43.1 Å². The number of aromatic nitrogens is 2. The maximum Gasteiger partial charge on any atom is 0.134 e. The van der Waals surface area contributed by atoms with Crippen molar-refractivity contribution >= 4 is 11.6 Å². The predicted molar refractivity (Wildman–Crippen MR) is 83.7 cm³/mol. The molecule has 0 unspecified atom stereocenters. The first-order valence-corrected chi connectivity index (χ1v) is 7.34. The minimum absolute atomic E-state index is 0.765. The first kappa shape index (κ1) is 13.8. The molecule has 1 fully saturated rings. The second-order valence-electron chi connectivity index (χ2n) is 5.02. The van der Waals surface area contributed by atoms with Crippen LogP contribution in [0.2, 0.25) is 0 Å². The molecule has 21 heavy (non-hydrogen) atoms. The normalized spacial score (nSPS) is 15.0. The Balaban J connectivity index is 1.55. The predicted octanol–water partition coefficient (Wildman–Crippen LogP) is 1.97. The fourth-order valence-corrected chi connectivity index (χ4v) is 2.39. The largest absolute Gasteiger partial charge is 0.378 e. The number of benzene rings is 1. The van der Waals surface area contributed by atoms with Gasteiger partial charge in [-0.3, -0.25) is 0 Å². The number of ether oxygens (including phenoxy) is 1. The Morgan fingerprint density at radius 1 is 1.10 bits per heavy atom. The van der Waals surface area contributed by atoms with Gasteiger partial charge in [-0.1, -0.05) is 30.3 Å². The van der Waals surface area contributed by atoms with Crippen LogP contribution in [0.1, 0.15) is 5.56 Å². The number of hydrogen-bond donors (Lipinski definition) is 1. The minimum atomic E-state index is 0.765. The van der Waals surface area contributed by atoms with E-state index in [0.29, 0.717) is 0 Å². The van der Waals surface area contributed by atoms with Gasteiger partial charge < -0.3 is 15.0 Å². The van der Waals surface area contributed by atoms with Crippen molar-refractivity contribution < 1.29 is 4.74 Å². The summed E-state index contributed by atoms with van der Waals surface area (Å²) in [7, 11) is 0. The third-order valence-corrected chi connectivity index (χ3v) is 3.55. The van der Waals surface area contributed by atoms with Crippen molar-refractivity contribution in [2.24, 2.45) is 0 Å². The van der Waals surface area contributed by atoms with Crippen molar-refractivity contribution in [3.05, 3.63) is 48.3 Å². The van der Waals surface area contributed by atoms with Gasteiger partial charge in [-0.05, 0) is 12.0 Å². The second-order valence-corrected chi connectivity index (χ2v) is 5.02. The van der Waals surface area contributed by atoms with Crippen LogP contribution in [-0.2, 0) is 11.2 Å². The summed E-state index contributed by atoms with van der Waals surface area (Å²) in [6.45, 7) is 4.17. The molecular weight excluding hydrogens is 264 g/mol. The molecule has 3 rings (SSSR count). The molecule has 0 amide bonds. The third kappa shape index (κ3) is 3.92.